The maximum Gasteiger partial charge on any atom is 0.264 e. The fourth-order valence-electron chi connectivity index (χ4n) is 3.90. The van der Waals surface area contributed by atoms with E-state index in [1.54, 1.807) is 47.7 Å². The molecule has 1 aliphatic heterocycles. The summed E-state index contributed by atoms with van der Waals surface area (Å²) in [4.78, 5) is 16.3. The molecule has 2 aromatic carbocycles. The fourth-order valence-corrected chi connectivity index (χ4v) is 5.98. The first-order valence-electron chi connectivity index (χ1n) is 10.00. The summed E-state index contributed by atoms with van der Waals surface area (Å²) in [6.45, 7) is 0.706. The molecule has 162 valence electrons. The summed E-state index contributed by atoms with van der Waals surface area (Å²) in [7, 11) is -0.813. The zero-order valence-electron chi connectivity index (χ0n) is 17.4. The van der Waals surface area contributed by atoms with E-state index in [4.69, 9.17) is 4.74 Å². The molecule has 2 heterocycles. The summed E-state index contributed by atoms with van der Waals surface area (Å²) in [5, 5.41) is 2.02. The summed E-state index contributed by atoms with van der Waals surface area (Å²) >= 11 is 1.66. The van der Waals surface area contributed by atoms with Crippen molar-refractivity contribution < 1.29 is 17.9 Å². The lowest BCUT2D eigenvalue weighted by Gasteiger charge is -2.24. The van der Waals surface area contributed by atoms with Gasteiger partial charge in [0.1, 0.15) is 5.75 Å². The van der Waals surface area contributed by atoms with Crippen LogP contribution in [0.3, 0.4) is 0 Å². The van der Waals surface area contributed by atoms with Crippen LogP contribution < -0.4 is 9.04 Å². The normalized spacial score (nSPS) is 16.3. The van der Waals surface area contributed by atoms with E-state index in [2.05, 4.69) is 6.07 Å². The summed E-state index contributed by atoms with van der Waals surface area (Å²) in [6, 6.07) is 17.3. The molecule has 1 aromatic heterocycles. The van der Waals surface area contributed by atoms with E-state index in [1.807, 2.05) is 16.3 Å². The summed E-state index contributed by atoms with van der Waals surface area (Å²) in [6.07, 6.45) is 1.91. The molecule has 8 heteroatoms. The Morgan fingerprint density at radius 1 is 1.10 bits per heavy atom. The van der Waals surface area contributed by atoms with Crippen LogP contribution in [-0.4, -0.2) is 39.9 Å². The van der Waals surface area contributed by atoms with Gasteiger partial charge in [0.05, 0.1) is 23.7 Å². The van der Waals surface area contributed by atoms with Gasteiger partial charge in [-0.3, -0.25) is 9.10 Å². The highest BCUT2D eigenvalue weighted by Crippen LogP contribution is 2.36. The number of carbonyl (C=O) groups excluding carboxylic acids is 1. The highest BCUT2D eigenvalue weighted by molar-refractivity contribution is 7.92. The van der Waals surface area contributed by atoms with Crippen LogP contribution in [0.5, 0.6) is 5.75 Å². The van der Waals surface area contributed by atoms with Crippen molar-refractivity contribution in [3.05, 3.63) is 76.5 Å². The maximum absolute atomic E-state index is 13.1. The van der Waals surface area contributed by atoms with Gasteiger partial charge in [-0.05, 0) is 60.7 Å². The minimum absolute atomic E-state index is 0.0714. The number of amides is 1. The van der Waals surface area contributed by atoms with Crippen LogP contribution in [0.2, 0.25) is 0 Å². The van der Waals surface area contributed by atoms with Gasteiger partial charge in [0.15, 0.2) is 0 Å². The molecule has 1 atom stereocenters. The Morgan fingerprint density at radius 2 is 1.84 bits per heavy atom. The Labute approximate surface area is 186 Å². The van der Waals surface area contributed by atoms with E-state index >= 15 is 0 Å². The number of carbonyl (C=O) groups is 1. The van der Waals surface area contributed by atoms with Crippen LogP contribution in [0.25, 0.3) is 0 Å². The van der Waals surface area contributed by atoms with Gasteiger partial charge in [-0.25, -0.2) is 8.42 Å². The van der Waals surface area contributed by atoms with Gasteiger partial charge in [0.25, 0.3) is 15.9 Å². The van der Waals surface area contributed by atoms with Gasteiger partial charge in [0.2, 0.25) is 0 Å². The molecular weight excluding hydrogens is 432 g/mol. The molecular formula is C23H24N2O4S2. The van der Waals surface area contributed by atoms with E-state index in [9.17, 15) is 13.2 Å². The Kier molecular flexibility index (Phi) is 6.02. The second-order valence-electron chi connectivity index (χ2n) is 7.34. The third-order valence-corrected chi connectivity index (χ3v) is 8.33. The molecule has 0 bridgehead atoms. The molecule has 1 unspecified atom stereocenters. The average molecular weight is 457 g/mol. The number of hydrogen-bond donors (Lipinski definition) is 0. The smallest absolute Gasteiger partial charge is 0.264 e. The zero-order chi connectivity index (χ0) is 22.0. The Hall–Kier alpha value is -2.84. The second kappa shape index (κ2) is 8.72. The van der Waals surface area contributed by atoms with Gasteiger partial charge in [0, 0.05) is 24.0 Å². The fraction of sp³-hybridized carbons (Fsp3) is 0.261. The third kappa shape index (κ3) is 4.05. The van der Waals surface area contributed by atoms with Crippen LogP contribution in [-0.2, 0) is 10.0 Å². The molecule has 1 fully saturated rings. The topological polar surface area (TPSA) is 66.9 Å². The Morgan fingerprint density at radius 3 is 2.52 bits per heavy atom. The lowest BCUT2D eigenvalue weighted by atomic mass is 10.1. The lowest BCUT2D eigenvalue weighted by molar-refractivity contribution is 0.0738. The van der Waals surface area contributed by atoms with Crippen molar-refractivity contribution in [1.82, 2.24) is 4.90 Å². The van der Waals surface area contributed by atoms with E-state index in [0.717, 1.165) is 12.8 Å². The molecule has 1 aliphatic rings. The SMILES string of the molecule is COc1ccccc1N(C)S(=O)(=O)c1ccc(C(=O)N2CCCC2c2cccs2)cc1. The van der Waals surface area contributed by atoms with Crippen LogP contribution in [0, 0.1) is 0 Å². The van der Waals surface area contributed by atoms with Crippen LogP contribution in [0.4, 0.5) is 5.69 Å². The van der Waals surface area contributed by atoms with Crippen molar-refractivity contribution in [3.8, 4) is 5.75 Å². The van der Waals surface area contributed by atoms with Crippen molar-refractivity contribution in [2.24, 2.45) is 0 Å². The number of rotatable bonds is 6. The number of benzene rings is 2. The summed E-state index contributed by atoms with van der Waals surface area (Å²) in [5.74, 6) is 0.395. The average Bonchev–Trinajstić information content (AvgIpc) is 3.50. The molecule has 31 heavy (non-hydrogen) atoms. The molecule has 0 saturated carbocycles. The van der Waals surface area contributed by atoms with Crippen molar-refractivity contribution >= 4 is 33.0 Å². The molecule has 0 radical (unpaired) electrons. The number of methoxy groups -OCH3 is 1. The molecule has 4 rings (SSSR count). The van der Waals surface area contributed by atoms with Crippen LogP contribution in [0.15, 0.2) is 70.9 Å². The quantitative estimate of drug-likeness (QED) is 0.545. The number of hydrogen-bond acceptors (Lipinski definition) is 5. The molecule has 0 N–H and O–H groups in total. The predicted molar refractivity (Wildman–Crippen MR) is 122 cm³/mol. The molecule has 6 nitrogen and oxygen atoms in total. The standard InChI is InChI=1S/C23H24N2O4S2/c1-24(19-7-3-4-9-21(19)29-2)31(27,28)18-13-11-17(12-14-18)23(26)25-15-5-8-20(25)22-10-6-16-30-22/h3-4,6-7,9-14,16,20H,5,8,15H2,1-2H3. The zero-order valence-corrected chi connectivity index (χ0v) is 19.0. The van der Waals surface area contributed by atoms with Crippen molar-refractivity contribution in [1.29, 1.82) is 0 Å². The minimum atomic E-state index is -3.80. The monoisotopic (exact) mass is 456 g/mol. The predicted octanol–water partition coefficient (Wildman–Crippen LogP) is 4.56. The number of thiophene rings is 1. The number of para-hydroxylation sites is 2. The van der Waals surface area contributed by atoms with Crippen LogP contribution in [0.1, 0.15) is 34.1 Å². The van der Waals surface area contributed by atoms with E-state index < -0.39 is 10.0 Å². The maximum atomic E-state index is 13.1. The first-order valence-corrected chi connectivity index (χ1v) is 12.3. The minimum Gasteiger partial charge on any atom is -0.495 e. The van der Waals surface area contributed by atoms with E-state index in [1.165, 1.54) is 35.5 Å². The highest BCUT2D eigenvalue weighted by atomic mass is 32.2. The molecule has 0 aliphatic carbocycles. The second-order valence-corrected chi connectivity index (χ2v) is 10.3. The Balaban J connectivity index is 1.57. The summed E-state index contributed by atoms with van der Waals surface area (Å²) < 4.78 is 32.7. The first-order chi connectivity index (χ1) is 14.9. The number of nitrogens with zero attached hydrogens (tertiary/aromatic N) is 2. The van der Waals surface area contributed by atoms with Gasteiger partial charge >= 0.3 is 0 Å². The molecule has 3 aromatic rings. The number of likely N-dealkylation sites (tertiary alicyclic amines) is 1. The van der Waals surface area contributed by atoms with Gasteiger partial charge in [-0.15, -0.1) is 11.3 Å². The van der Waals surface area contributed by atoms with Crippen molar-refractivity contribution in [3.63, 3.8) is 0 Å². The number of anilines is 1. The van der Waals surface area contributed by atoms with Gasteiger partial charge < -0.3 is 9.64 Å². The molecule has 1 saturated heterocycles. The van der Waals surface area contributed by atoms with Gasteiger partial charge in [-0.1, -0.05) is 18.2 Å². The van der Waals surface area contributed by atoms with Crippen LogP contribution >= 0.6 is 11.3 Å². The first kappa shape index (κ1) is 21.4. The molecule has 1 amide bonds. The third-order valence-electron chi connectivity index (χ3n) is 5.57. The van der Waals surface area contributed by atoms with Gasteiger partial charge in [-0.2, -0.15) is 0 Å². The van der Waals surface area contributed by atoms with E-state index in [0.29, 0.717) is 23.5 Å². The number of ether oxygens (including phenoxy) is 1. The Bertz CT molecular complexity index is 1160. The van der Waals surface area contributed by atoms with E-state index in [-0.39, 0.29) is 16.8 Å². The number of sulfonamides is 1. The van der Waals surface area contributed by atoms with Crippen molar-refractivity contribution in [2.75, 3.05) is 25.0 Å². The summed E-state index contributed by atoms with van der Waals surface area (Å²) in [5.41, 5.74) is 0.934. The largest absolute Gasteiger partial charge is 0.495 e. The van der Waals surface area contributed by atoms with Crippen molar-refractivity contribution in [2.45, 2.75) is 23.8 Å². The highest BCUT2D eigenvalue weighted by Gasteiger charge is 2.31. The lowest BCUT2D eigenvalue weighted by Crippen LogP contribution is -2.30. The molecule has 0 spiro atoms.